The second kappa shape index (κ2) is 5.59. The van der Waals surface area contributed by atoms with Crippen molar-refractivity contribution < 1.29 is 0 Å². The number of hydrogen-bond donors (Lipinski definition) is 1. The summed E-state index contributed by atoms with van der Waals surface area (Å²) in [7, 11) is 0. The van der Waals surface area contributed by atoms with Gasteiger partial charge in [-0.3, -0.25) is 0 Å². The molecule has 1 aromatic carbocycles. The SMILES string of the molecule is Cc1cc(C)cc(CSc2cc(Cl)nc(N)n2)c1. The standard InChI is InChI=1S/C13H14ClN3S/c1-8-3-9(2)5-10(4-8)7-18-12-6-11(14)16-13(15)17-12/h3-6H,7H2,1-2H3,(H2,15,16,17). The lowest BCUT2D eigenvalue weighted by Crippen LogP contribution is -1.96. The molecule has 1 heterocycles. The lowest BCUT2D eigenvalue weighted by Gasteiger charge is -2.05. The molecule has 18 heavy (non-hydrogen) atoms. The van der Waals surface area contributed by atoms with Crippen LogP contribution in [0.1, 0.15) is 16.7 Å². The van der Waals surface area contributed by atoms with E-state index in [1.165, 1.54) is 16.7 Å². The van der Waals surface area contributed by atoms with Gasteiger partial charge in [-0.15, -0.1) is 11.8 Å². The minimum atomic E-state index is 0.213. The Labute approximate surface area is 116 Å². The van der Waals surface area contributed by atoms with E-state index in [9.17, 15) is 0 Å². The minimum absolute atomic E-state index is 0.213. The predicted molar refractivity (Wildman–Crippen MR) is 76.9 cm³/mol. The van der Waals surface area contributed by atoms with Gasteiger partial charge in [0.25, 0.3) is 0 Å². The predicted octanol–water partition coefficient (Wildman–Crippen LogP) is 3.62. The third kappa shape index (κ3) is 3.62. The molecule has 0 fully saturated rings. The third-order valence-corrected chi connectivity index (χ3v) is 3.53. The summed E-state index contributed by atoms with van der Waals surface area (Å²) in [5.74, 6) is 1.06. The Balaban J connectivity index is 2.11. The van der Waals surface area contributed by atoms with Crippen LogP contribution in [0.5, 0.6) is 0 Å². The molecule has 0 bridgehead atoms. The number of nitrogens with two attached hydrogens (primary N) is 1. The van der Waals surface area contributed by atoms with Gasteiger partial charge in [0.05, 0.1) is 0 Å². The van der Waals surface area contributed by atoms with Gasteiger partial charge in [0, 0.05) is 11.8 Å². The quantitative estimate of drug-likeness (QED) is 0.689. The molecule has 0 saturated heterocycles. The molecule has 94 valence electrons. The number of aromatic nitrogens is 2. The van der Waals surface area contributed by atoms with E-state index in [0.717, 1.165) is 10.8 Å². The van der Waals surface area contributed by atoms with Crippen molar-refractivity contribution in [2.24, 2.45) is 0 Å². The first kappa shape index (κ1) is 13.2. The van der Waals surface area contributed by atoms with Crippen molar-refractivity contribution in [3.63, 3.8) is 0 Å². The first-order valence-electron chi connectivity index (χ1n) is 5.53. The number of nitrogens with zero attached hydrogens (tertiary/aromatic N) is 2. The van der Waals surface area contributed by atoms with Gasteiger partial charge in [-0.25, -0.2) is 9.97 Å². The minimum Gasteiger partial charge on any atom is -0.368 e. The van der Waals surface area contributed by atoms with Gasteiger partial charge in [-0.1, -0.05) is 40.9 Å². The average molecular weight is 280 g/mol. The van der Waals surface area contributed by atoms with Gasteiger partial charge in [0.1, 0.15) is 10.2 Å². The van der Waals surface area contributed by atoms with Crippen LogP contribution in [0.25, 0.3) is 0 Å². The monoisotopic (exact) mass is 279 g/mol. The summed E-state index contributed by atoms with van der Waals surface area (Å²) in [4.78, 5) is 7.98. The van der Waals surface area contributed by atoms with Crippen LogP contribution in [-0.4, -0.2) is 9.97 Å². The second-order valence-corrected chi connectivity index (χ2v) is 5.55. The summed E-state index contributed by atoms with van der Waals surface area (Å²) in [6, 6.07) is 8.23. The molecular weight excluding hydrogens is 266 g/mol. The van der Waals surface area contributed by atoms with Gasteiger partial charge in [0.15, 0.2) is 0 Å². The number of thioether (sulfide) groups is 1. The van der Waals surface area contributed by atoms with E-state index in [0.29, 0.717) is 5.15 Å². The molecule has 0 saturated carbocycles. The van der Waals surface area contributed by atoms with E-state index in [1.54, 1.807) is 17.8 Å². The maximum atomic E-state index is 5.84. The van der Waals surface area contributed by atoms with Crippen molar-refractivity contribution >= 4 is 29.3 Å². The topological polar surface area (TPSA) is 51.8 Å². The van der Waals surface area contributed by atoms with Gasteiger partial charge >= 0.3 is 0 Å². The molecule has 2 rings (SSSR count). The van der Waals surface area contributed by atoms with E-state index in [-0.39, 0.29) is 5.95 Å². The molecule has 1 aromatic heterocycles. The fraction of sp³-hybridized carbons (Fsp3) is 0.231. The lowest BCUT2D eigenvalue weighted by atomic mass is 10.1. The largest absolute Gasteiger partial charge is 0.368 e. The van der Waals surface area contributed by atoms with Crippen LogP contribution < -0.4 is 5.73 Å². The highest BCUT2D eigenvalue weighted by molar-refractivity contribution is 7.98. The molecule has 0 spiro atoms. The van der Waals surface area contributed by atoms with Crippen molar-refractivity contribution in [1.29, 1.82) is 0 Å². The van der Waals surface area contributed by atoms with Crippen LogP contribution in [0.4, 0.5) is 5.95 Å². The highest BCUT2D eigenvalue weighted by Gasteiger charge is 2.03. The second-order valence-electron chi connectivity index (χ2n) is 4.17. The van der Waals surface area contributed by atoms with Crippen molar-refractivity contribution in [2.75, 3.05) is 5.73 Å². The van der Waals surface area contributed by atoms with Crippen LogP contribution in [0, 0.1) is 13.8 Å². The van der Waals surface area contributed by atoms with Crippen molar-refractivity contribution in [3.8, 4) is 0 Å². The Morgan fingerprint density at radius 1 is 1.11 bits per heavy atom. The van der Waals surface area contributed by atoms with E-state index >= 15 is 0 Å². The molecule has 2 aromatic rings. The molecule has 0 amide bonds. The Hall–Kier alpha value is -1.26. The van der Waals surface area contributed by atoms with Crippen molar-refractivity contribution in [2.45, 2.75) is 24.6 Å². The molecule has 5 heteroatoms. The normalized spacial score (nSPS) is 10.6. The van der Waals surface area contributed by atoms with E-state index in [2.05, 4.69) is 42.0 Å². The van der Waals surface area contributed by atoms with Crippen LogP contribution in [0.2, 0.25) is 5.15 Å². The summed E-state index contributed by atoms with van der Waals surface area (Å²) in [6.07, 6.45) is 0. The van der Waals surface area contributed by atoms with Crippen LogP contribution in [-0.2, 0) is 5.75 Å². The first-order chi connectivity index (χ1) is 8.52. The maximum absolute atomic E-state index is 5.84. The number of halogens is 1. The van der Waals surface area contributed by atoms with Crippen LogP contribution in [0.3, 0.4) is 0 Å². The summed E-state index contributed by atoms with van der Waals surface area (Å²) in [5, 5.41) is 1.18. The molecule has 0 aliphatic carbocycles. The molecular formula is C13H14ClN3S. The molecule has 2 N–H and O–H groups in total. The zero-order chi connectivity index (χ0) is 13.1. The van der Waals surface area contributed by atoms with Gasteiger partial charge in [-0.2, -0.15) is 0 Å². The van der Waals surface area contributed by atoms with Gasteiger partial charge in [-0.05, 0) is 19.4 Å². The zero-order valence-electron chi connectivity index (χ0n) is 10.3. The number of benzene rings is 1. The van der Waals surface area contributed by atoms with E-state index in [4.69, 9.17) is 17.3 Å². The highest BCUT2D eigenvalue weighted by atomic mass is 35.5. The maximum Gasteiger partial charge on any atom is 0.222 e. The first-order valence-corrected chi connectivity index (χ1v) is 6.89. The van der Waals surface area contributed by atoms with Crippen molar-refractivity contribution in [1.82, 2.24) is 9.97 Å². The highest BCUT2D eigenvalue weighted by Crippen LogP contribution is 2.24. The molecule has 0 radical (unpaired) electrons. The Bertz CT molecular complexity index is 480. The smallest absolute Gasteiger partial charge is 0.222 e. The molecule has 0 aliphatic heterocycles. The molecule has 0 aliphatic rings. The number of nitrogen functional groups attached to an aromatic ring is 1. The summed E-state index contributed by atoms with van der Waals surface area (Å²) in [5.41, 5.74) is 9.36. The Kier molecular flexibility index (Phi) is 4.09. The van der Waals surface area contributed by atoms with Gasteiger partial charge < -0.3 is 5.73 Å². The lowest BCUT2D eigenvalue weighted by molar-refractivity contribution is 1.06. The average Bonchev–Trinajstić information content (AvgIpc) is 2.23. The summed E-state index contributed by atoms with van der Waals surface area (Å²) in [6.45, 7) is 4.20. The molecule has 3 nitrogen and oxygen atoms in total. The summed E-state index contributed by atoms with van der Waals surface area (Å²) < 4.78 is 0. The number of hydrogen-bond acceptors (Lipinski definition) is 4. The number of rotatable bonds is 3. The number of anilines is 1. The molecule has 0 atom stereocenters. The fourth-order valence-electron chi connectivity index (χ4n) is 1.80. The van der Waals surface area contributed by atoms with Gasteiger partial charge in [0.2, 0.25) is 5.95 Å². The third-order valence-electron chi connectivity index (χ3n) is 2.36. The van der Waals surface area contributed by atoms with E-state index in [1.807, 2.05) is 0 Å². The fourth-order valence-corrected chi connectivity index (χ4v) is 2.89. The Morgan fingerprint density at radius 2 is 1.78 bits per heavy atom. The van der Waals surface area contributed by atoms with Crippen molar-refractivity contribution in [3.05, 3.63) is 46.1 Å². The zero-order valence-corrected chi connectivity index (χ0v) is 11.8. The van der Waals surface area contributed by atoms with Crippen LogP contribution >= 0.6 is 23.4 Å². The number of aryl methyl sites for hydroxylation is 2. The molecule has 0 unspecified atom stereocenters. The van der Waals surface area contributed by atoms with Crippen LogP contribution in [0.15, 0.2) is 29.3 Å². The summed E-state index contributed by atoms with van der Waals surface area (Å²) >= 11 is 7.44. The Morgan fingerprint density at radius 3 is 2.39 bits per heavy atom. The van der Waals surface area contributed by atoms with E-state index < -0.39 is 0 Å².